The van der Waals surface area contributed by atoms with Crippen LogP contribution in [0.5, 0.6) is 0 Å². The lowest BCUT2D eigenvalue weighted by molar-refractivity contribution is 0.625. The maximum atomic E-state index is 6.30. The minimum Gasteiger partial charge on any atom is -0.348 e. The number of nitrogens with one attached hydrogen (secondary N) is 1. The lowest BCUT2D eigenvalue weighted by Gasteiger charge is -2.35. The third-order valence-electron chi connectivity index (χ3n) is 3.60. The summed E-state index contributed by atoms with van der Waals surface area (Å²) < 4.78 is 0. The van der Waals surface area contributed by atoms with Gasteiger partial charge in [0.25, 0.3) is 0 Å². The second-order valence-corrected chi connectivity index (χ2v) is 6.50. The smallest absolute Gasteiger partial charge is 0.161 e. The van der Waals surface area contributed by atoms with Gasteiger partial charge in [0.2, 0.25) is 0 Å². The van der Waals surface area contributed by atoms with Crippen LogP contribution < -0.4 is 16.2 Å². The van der Waals surface area contributed by atoms with E-state index in [1.54, 1.807) is 6.07 Å². The van der Waals surface area contributed by atoms with Gasteiger partial charge in [0.05, 0.1) is 16.1 Å². The number of pyridine rings is 1. The molecule has 0 spiro atoms. The monoisotopic (exact) mass is 328 g/mol. The first-order valence-corrected chi connectivity index (χ1v) is 7.91. The van der Waals surface area contributed by atoms with Crippen LogP contribution in [-0.4, -0.2) is 11.5 Å². The van der Waals surface area contributed by atoms with Gasteiger partial charge >= 0.3 is 0 Å². The topological polar surface area (TPSA) is 54.2 Å². The highest BCUT2D eigenvalue weighted by molar-refractivity contribution is 7.10. The fourth-order valence-corrected chi connectivity index (χ4v) is 4.04. The molecule has 0 radical (unpaired) electrons. The Labute approximate surface area is 131 Å². The normalized spacial score (nSPS) is 18.0. The molecule has 2 aromatic heterocycles. The Kier molecular flexibility index (Phi) is 3.77. The summed E-state index contributed by atoms with van der Waals surface area (Å²) in [5.41, 5.74) is 3.85. The van der Waals surface area contributed by atoms with Gasteiger partial charge in [-0.05, 0) is 36.4 Å². The van der Waals surface area contributed by atoms with E-state index in [0.29, 0.717) is 21.7 Å². The maximum absolute atomic E-state index is 6.30. The summed E-state index contributed by atoms with van der Waals surface area (Å²) in [4.78, 5) is 8.08. The van der Waals surface area contributed by atoms with Crippen LogP contribution >= 0.6 is 34.5 Å². The number of rotatable bonds is 2. The van der Waals surface area contributed by atoms with E-state index < -0.39 is 0 Å². The van der Waals surface area contributed by atoms with Gasteiger partial charge in [-0.25, -0.2) is 10.8 Å². The minimum atomic E-state index is 0.238. The summed E-state index contributed by atoms with van der Waals surface area (Å²) in [5, 5.41) is 3.09. The van der Waals surface area contributed by atoms with Crippen LogP contribution in [0.15, 0.2) is 17.5 Å². The molecule has 0 aliphatic carbocycles. The van der Waals surface area contributed by atoms with Crippen LogP contribution in [-0.2, 0) is 6.42 Å². The Morgan fingerprint density at radius 3 is 3.00 bits per heavy atom. The van der Waals surface area contributed by atoms with Gasteiger partial charge in [0.15, 0.2) is 11.6 Å². The Morgan fingerprint density at radius 2 is 2.25 bits per heavy atom. The molecule has 7 heteroatoms. The van der Waals surface area contributed by atoms with Crippen molar-refractivity contribution in [2.45, 2.75) is 19.4 Å². The molecule has 0 fully saturated rings. The molecular formula is C13H14Cl2N4S. The Morgan fingerprint density at radius 1 is 1.45 bits per heavy atom. The molecule has 106 valence electrons. The number of hydrazine groups is 1. The summed E-state index contributed by atoms with van der Waals surface area (Å²) in [5.74, 6) is 6.59. The average molecular weight is 329 g/mol. The zero-order valence-electron chi connectivity index (χ0n) is 10.9. The molecule has 20 heavy (non-hydrogen) atoms. The molecule has 3 N–H and O–H groups in total. The van der Waals surface area contributed by atoms with Gasteiger partial charge in [-0.3, -0.25) is 0 Å². The molecule has 1 aliphatic rings. The van der Waals surface area contributed by atoms with E-state index in [9.17, 15) is 0 Å². The first-order chi connectivity index (χ1) is 9.61. The third-order valence-corrected chi connectivity index (χ3v) is 5.16. The number of hydrogen-bond donors (Lipinski definition) is 2. The summed E-state index contributed by atoms with van der Waals surface area (Å²) in [6.45, 7) is 3.04. The van der Waals surface area contributed by atoms with Crippen molar-refractivity contribution in [2.75, 3.05) is 16.9 Å². The van der Waals surface area contributed by atoms with Crippen LogP contribution in [0.25, 0.3) is 0 Å². The number of fused-ring (bicyclic) bond motifs is 1. The average Bonchev–Trinajstić information content (AvgIpc) is 2.89. The number of nitrogens with two attached hydrogens (primary N) is 1. The molecule has 1 aliphatic heterocycles. The molecule has 0 bridgehead atoms. The van der Waals surface area contributed by atoms with Crippen LogP contribution in [0.1, 0.15) is 23.4 Å². The molecular weight excluding hydrogens is 315 g/mol. The first kappa shape index (κ1) is 13.9. The number of nitrogen functional groups attached to an aromatic ring is 1. The zero-order chi connectivity index (χ0) is 14.3. The van der Waals surface area contributed by atoms with Crippen molar-refractivity contribution in [2.24, 2.45) is 5.84 Å². The highest BCUT2D eigenvalue weighted by Gasteiger charge is 2.27. The molecule has 4 nitrogen and oxygen atoms in total. The Bertz CT molecular complexity index is 643. The Hall–Kier alpha value is -1.01. The molecule has 0 aromatic carbocycles. The molecule has 0 amide bonds. The predicted octanol–water partition coefficient (Wildman–Crippen LogP) is 3.86. The van der Waals surface area contributed by atoms with E-state index in [-0.39, 0.29) is 6.04 Å². The molecule has 0 saturated heterocycles. The van der Waals surface area contributed by atoms with Gasteiger partial charge in [-0.1, -0.05) is 23.2 Å². The fraction of sp³-hybridized carbons (Fsp3) is 0.308. The summed E-state index contributed by atoms with van der Waals surface area (Å²) in [6, 6.07) is 4.08. The summed E-state index contributed by atoms with van der Waals surface area (Å²) in [6.07, 6.45) is 1.00. The van der Waals surface area contributed by atoms with Crippen molar-refractivity contribution in [1.29, 1.82) is 0 Å². The van der Waals surface area contributed by atoms with E-state index in [1.807, 2.05) is 11.3 Å². The van der Waals surface area contributed by atoms with Crippen LogP contribution in [0.3, 0.4) is 0 Å². The molecule has 3 rings (SSSR count). The van der Waals surface area contributed by atoms with Gasteiger partial charge in [0, 0.05) is 11.4 Å². The molecule has 2 aromatic rings. The number of anilines is 2. The molecule has 0 saturated carbocycles. The van der Waals surface area contributed by atoms with E-state index in [2.05, 4.69) is 33.7 Å². The van der Waals surface area contributed by atoms with Crippen LogP contribution in [0.2, 0.25) is 10.0 Å². The van der Waals surface area contributed by atoms with E-state index in [4.69, 9.17) is 29.0 Å². The predicted molar refractivity (Wildman–Crippen MR) is 85.9 cm³/mol. The van der Waals surface area contributed by atoms with E-state index in [0.717, 1.165) is 13.0 Å². The highest BCUT2D eigenvalue weighted by atomic mass is 35.5. The Balaban J connectivity index is 2.02. The van der Waals surface area contributed by atoms with E-state index in [1.165, 1.54) is 10.4 Å². The van der Waals surface area contributed by atoms with Gasteiger partial charge < -0.3 is 10.3 Å². The number of halogens is 2. The number of hydrogen-bond acceptors (Lipinski definition) is 5. The summed E-state index contributed by atoms with van der Waals surface area (Å²) in [7, 11) is 0. The zero-order valence-corrected chi connectivity index (χ0v) is 13.2. The number of thiophene rings is 1. The second kappa shape index (κ2) is 5.41. The van der Waals surface area contributed by atoms with Crippen molar-refractivity contribution < 1.29 is 0 Å². The molecule has 1 unspecified atom stereocenters. The van der Waals surface area contributed by atoms with Gasteiger partial charge in [-0.15, -0.1) is 11.3 Å². The quantitative estimate of drug-likeness (QED) is 0.649. The highest BCUT2D eigenvalue weighted by Crippen LogP contribution is 2.39. The van der Waals surface area contributed by atoms with Crippen molar-refractivity contribution in [3.8, 4) is 0 Å². The van der Waals surface area contributed by atoms with Gasteiger partial charge in [0.1, 0.15) is 0 Å². The van der Waals surface area contributed by atoms with E-state index >= 15 is 0 Å². The second-order valence-electron chi connectivity index (χ2n) is 4.69. The number of aromatic nitrogens is 1. The van der Waals surface area contributed by atoms with Crippen molar-refractivity contribution in [1.82, 2.24) is 4.98 Å². The lowest BCUT2D eigenvalue weighted by Crippen LogP contribution is -2.34. The van der Waals surface area contributed by atoms with Crippen molar-refractivity contribution >= 4 is 46.2 Å². The number of nitrogens with zero attached hydrogens (tertiary/aromatic N) is 2. The largest absolute Gasteiger partial charge is 0.348 e. The standard InChI is InChI=1S/C13H14Cl2N4S/c1-7-8-3-5-20-11(8)2-4-19(7)13-10(15)6-9(14)12(17-13)18-16/h3,5-7H,2,4,16H2,1H3,(H,17,18). The molecule has 3 heterocycles. The first-order valence-electron chi connectivity index (χ1n) is 6.27. The minimum absolute atomic E-state index is 0.238. The summed E-state index contributed by atoms with van der Waals surface area (Å²) >= 11 is 14.1. The molecule has 1 atom stereocenters. The SMILES string of the molecule is CC1c2ccsc2CCN1c1nc(NN)c(Cl)cc1Cl. The maximum Gasteiger partial charge on any atom is 0.161 e. The third kappa shape index (κ3) is 2.24. The fourth-order valence-electron chi connectivity index (χ4n) is 2.56. The van der Waals surface area contributed by atoms with Crippen LogP contribution in [0.4, 0.5) is 11.6 Å². The lowest BCUT2D eigenvalue weighted by atomic mass is 10.0. The van der Waals surface area contributed by atoms with Gasteiger partial charge in [-0.2, -0.15) is 0 Å². The van der Waals surface area contributed by atoms with Crippen LogP contribution in [0, 0.1) is 0 Å². The van der Waals surface area contributed by atoms with Crippen molar-refractivity contribution in [3.63, 3.8) is 0 Å². The van der Waals surface area contributed by atoms with Crippen molar-refractivity contribution in [3.05, 3.63) is 38.0 Å².